The van der Waals surface area contributed by atoms with Gasteiger partial charge in [0, 0.05) is 5.56 Å². The molecule has 0 fully saturated rings. The van der Waals surface area contributed by atoms with Gasteiger partial charge in [-0.2, -0.15) is 0 Å². The summed E-state index contributed by atoms with van der Waals surface area (Å²) in [5.41, 5.74) is 0.420. The van der Waals surface area contributed by atoms with Crippen LogP contribution in [0.15, 0.2) is 28.0 Å². The zero-order valence-corrected chi connectivity index (χ0v) is 10.7. The van der Waals surface area contributed by atoms with Crippen molar-refractivity contribution in [3.63, 3.8) is 0 Å². The Kier molecular flexibility index (Phi) is 2.90. The largest absolute Gasteiger partial charge is 0.496 e. The van der Waals surface area contributed by atoms with Crippen molar-refractivity contribution in [3.8, 4) is 5.75 Å². The first-order chi connectivity index (χ1) is 8.39. The number of aliphatic carboxylic acids is 1. The monoisotopic (exact) mass is 268 g/mol. The molecule has 0 amide bonds. The van der Waals surface area contributed by atoms with Gasteiger partial charge in [0.2, 0.25) is 9.84 Å². The highest BCUT2D eigenvalue weighted by atomic mass is 32.2. The van der Waals surface area contributed by atoms with Gasteiger partial charge < -0.3 is 9.84 Å². The van der Waals surface area contributed by atoms with Gasteiger partial charge in [0.25, 0.3) is 0 Å². The van der Waals surface area contributed by atoms with Gasteiger partial charge in [0.1, 0.15) is 5.75 Å². The summed E-state index contributed by atoms with van der Waals surface area (Å²) in [6.07, 6.45) is 1.38. The summed E-state index contributed by atoms with van der Waals surface area (Å²) < 4.78 is 29.5. The Hall–Kier alpha value is -1.82. The summed E-state index contributed by atoms with van der Waals surface area (Å²) in [7, 11) is -2.28. The topological polar surface area (TPSA) is 80.7 Å². The van der Waals surface area contributed by atoms with Gasteiger partial charge in [-0.15, -0.1) is 0 Å². The van der Waals surface area contributed by atoms with Gasteiger partial charge in [-0.05, 0) is 25.1 Å². The van der Waals surface area contributed by atoms with Crippen molar-refractivity contribution in [2.24, 2.45) is 5.92 Å². The van der Waals surface area contributed by atoms with Gasteiger partial charge in [0.15, 0.2) is 0 Å². The molecule has 1 aromatic rings. The highest BCUT2D eigenvalue weighted by Crippen LogP contribution is 2.40. The molecule has 6 heteroatoms. The van der Waals surface area contributed by atoms with E-state index in [1.165, 1.54) is 26.2 Å². The number of carbonyl (C=O) groups is 1. The average Bonchev–Trinajstić information content (AvgIpc) is 2.60. The van der Waals surface area contributed by atoms with E-state index in [1.807, 2.05) is 0 Å². The molecule has 96 valence electrons. The number of hydrogen-bond donors (Lipinski definition) is 1. The molecule has 0 saturated carbocycles. The van der Waals surface area contributed by atoms with Crippen molar-refractivity contribution < 1.29 is 23.1 Å². The van der Waals surface area contributed by atoms with Gasteiger partial charge in [0.05, 0.1) is 22.8 Å². The minimum atomic E-state index is -3.72. The lowest BCUT2D eigenvalue weighted by atomic mass is 10.1. The maximum atomic E-state index is 12.2. The lowest BCUT2D eigenvalue weighted by Crippen LogP contribution is -2.16. The van der Waals surface area contributed by atoms with E-state index in [0.717, 1.165) is 0 Å². The Balaban J connectivity index is 2.66. The minimum Gasteiger partial charge on any atom is -0.496 e. The Labute approximate surface area is 105 Å². The second-order valence-electron chi connectivity index (χ2n) is 3.98. The molecule has 5 nitrogen and oxygen atoms in total. The summed E-state index contributed by atoms with van der Waals surface area (Å²) in [6.45, 7) is 1.35. The minimum absolute atomic E-state index is 0.102. The molecule has 2 rings (SSSR count). The molecule has 0 bridgehead atoms. The highest BCUT2D eigenvalue weighted by molar-refractivity contribution is 7.95. The molecule has 1 aliphatic rings. The summed E-state index contributed by atoms with van der Waals surface area (Å²) in [6, 6.07) is 4.65. The number of fused-ring (bicyclic) bond motifs is 1. The molecule has 1 atom stereocenters. The van der Waals surface area contributed by atoms with E-state index in [-0.39, 0.29) is 9.80 Å². The zero-order valence-electron chi connectivity index (χ0n) is 9.88. The molecule has 0 spiro atoms. The molecule has 0 radical (unpaired) electrons. The Morgan fingerprint density at radius 2 is 2.06 bits per heavy atom. The van der Waals surface area contributed by atoms with E-state index in [9.17, 15) is 13.2 Å². The predicted octanol–water partition coefficient (Wildman–Crippen LogP) is 1.54. The number of carboxylic acids is 1. The molecule has 1 aromatic carbocycles. The predicted molar refractivity (Wildman–Crippen MR) is 65.0 cm³/mol. The van der Waals surface area contributed by atoms with Gasteiger partial charge >= 0.3 is 5.97 Å². The number of methoxy groups -OCH3 is 1. The molecular weight excluding hydrogens is 256 g/mol. The van der Waals surface area contributed by atoms with Crippen LogP contribution in [0.5, 0.6) is 5.75 Å². The van der Waals surface area contributed by atoms with Crippen LogP contribution in [-0.2, 0) is 14.6 Å². The highest BCUT2D eigenvalue weighted by Gasteiger charge is 2.36. The first-order valence-corrected chi connectivity index (χ1v) is 6.74. The van der Waals surface area contributed by atoms with Crippen molar-refractivity contribution in [3.05, 3.63) is 28.7 Å². The number of ether oxygens (including phenoxy) is 1. The van der Waals surface area contributed by atoms with E-state index >= 15 is 0 Å². The fraction of sp³-hybridized carbons (Fsp3) is 0.250. The first-order valence-electron chi connectivity index (χ1n) is 5.26. The smallest absolute Gasteiger partial charge is 0.311 e. The molecule has 1 heterocycles. The third kappa shape index (κ3) is 1.69. The number of hydrogen-bond acceptors (Lipinski definition) is 4. The van der Waals surface area contributed by atoms with Crippen LogP contribution in [0.4, 0.5) is 0 Å². The summed E-state index contributed by atoms with van der Waals surface area (Å²) in [5, 5.41) is 8.94. The van der Waals surface area contributed by atoms with E-state index in [4.69, 9.17) is 9.84 Å². The fourth-order valence-electron chi connectivity index (χ4n) is 1.90. The van der Waals surface area contributed by atoms with Crippen LogP contribution in [0.1, 0.15) is 12.5 Å². The standard InChI is InChI=1S/C12H12O5S/c1-7(12(13)14)11-6-8-9(17-2)4-3-5-10(8)18(11,15)16/h3-7H,1-2H3,(H,13,14). The van der Waals surface area contributed by atoms with Crippen molar-refractivity contribution in [1.29, 1.82) is 0 Å². The molecular formula is C12H12O5S. The SMILES string of the molecule is COc1cccc2c1C=C(C(C)C(=O)O)S2(=O)=O. The van der Waals surface area contributed by atoms with Crippen molar-refractivity contribution >= 4 is 21.9 Å². The maximum absolute atomic E-state index is 12.2. The van der Waals surface area contributed by atoms with Gasteiger partial charge in [-0.3, -0.25) is 4.79 Å². The van der Waals surface area contributed by atoms with Crippen LogP contribution in [0.3, 0.4) is 0 Å². The summed E-state index contributed by atoms with van der Waals surface area (Å²) in [4.78, 5) is 10.9. The van der Waals surface area contributed by atoms with Gasteiger partial charge in [-0.25, -0.2) is 8.42 Å². The van der Waals surface area contributed by atoms with Crippen LogP contribution in [0.25, 0.3) is 6.08 Å². The number of rotatable bonds is 3. The fourth-order valence-corrected chi connectivity index (χ4v) is 3.70. The third-order valence-electron chi connectivity index (χ3n) is 2.93. The number of carboxylic acid groups (broad SMARTS) is 1. The van der Waals surface area contributed by atoms with Crippen LogP contribution in [0.2, 0.25) is 0 Å². The number of benzene rings is 1. The molecule has 0 aromatic heterocycles. The Morgan fingerprint density at radius 3 is 2.61 bits per heavy atom. The lowest BCUT2D eigenvalue weighted by Gasteiger charge is -2.07. The van der Waals surface area contributed by atoms with Crippen molar-refractivity contribution in [2.75, 3.05) is 7.11 Å². The average molecular weight is 268 g/mol. The molecule has 1 aliphatic heterocycles. The zero-order chi connectivity index (χ0) is 13.5. The van der Waals surface area contributed by atoms with Crippen molar-refractivity contribution in [2.45, 2.75) is 11.8 Å². The number of sulfone groups is 1. The van der Waals surface area contributed by atoms with Crippen LogP contribution >= 0.6 is 0 Å². The second kappa shape index (κ2) is 4.13. The Bertz CT molecular complexity index is 642. The Morgan fingerprint density at radius 1 is 1.39 bits per heavy atom. The molecule has 0 aliphatic carbocycles. The molecule has 18 heavy (non-hydrogen) atoms. The normalized spacial score (nSPS) is 17.8. The maximum Gasteiger partial charge on any atom is 0.311 e. The quantitative estimate of drug-likeness (QED) is 0.899. The molecule has 1 N–H and O–H groups in total. The van der Waals surface area contributed by atoms with Gasteiger partial charge in [-0.1, -0.05) is 6.07 Å². The first kappa shape index (κ1) is 12.6. The lowest BCUT2D eigenvalue weighted by molar-refractivity contribution is -0.139. The third-order valence-corrected chi connectivity index (χ3v) is 4.96. The van der Waals surface area contributed by atoms with E-state index in [2.05, 4.69) is 0 Å². The molecule has 0 saturated heterocycles. The van der Waals surface area contributed by atoms with E-state index in [0.29, 0.717) is 11.3 Å². The van der Waals surface area contributed by atoms with E-state index < -0.39 is 21.7 Å². The van der Waals surface area contributed by atoms with Crippen LogP contribution in [-0.4, -0.2) is 26.6 Å². The summed E-state index contributed by atoms with van der Waals surface area (Å²) >= 11 is 0. The molecule has 1 unspecified atom stereocenters. The van der Waals surface area contributed by atoms with Crippen molar-refractivity contribution in [1.82, 2.24) is 0 Å². The summed E-state index contributed by atoms with van der Waals surface area (Å²) in [5.74, 6) is -1.83. The van der Waals surface area contributed by atoms with Crippen LogP contribution < -0.4 is 4.74 Å². The van der Waals surface area contributed by atoms with Crippen LogP contribution in [0, 0.1) is 5.92 Å². The second-order valence-corrected chi connectivity index (χ2v) is 5.90. The van der Waals surface area contributed by atoms with E-state index in [1.54, 1.807) is 12.1 Å².